The molecule has 1 heterocycles. The fourth-order valence-corrected chi connectivity index (χ4v) is 4.41. The van der Waals surface area contributed by atoms with E-state index in [1.54, 1.807) is 18.7 Å². The van der Waals surface area contributed by atoms with Gasteiger partial charge in [-0.1, -0.05) is 48.2 Å². The van der Waals surface area contributed by atoms with E-state index in [1.165, 1.54) is 30.1 Å². The molecule has 3 amide bonds. The number of amides is 3. The number of hydrogen-bond donors (Lipinski definition) is 2. The summed E-state index contributed by atoms with van der Waals surface area (Å²) in [5.74, 6) is 0.687. The van der Waals surface area contributed by atoms with Gasteiger partial charge < -0.3 is 5.32 Å². The highest BCUT2D eigenvalue weighted by atomic mass is 32.2. The summed E-state index contributed by atoms with van der Waals surface area (Å²) in [5.41, 5.74) is 0. The average Bonchev–Trinajstić information content (AvgIpc) is 2.86. The number of thioether (sulfide) groups is 2. The minimum absolute atomic E-state index is 0.343. The number of unbranched alkanes of at least 4 members (excludes halogenated alkanes) is 1. The Kier molecular flexibility index (Phi) is 7.93. The maximum absolute atomic E-state index is 11.7. The van der Waals surface area contributed by atoms with Crippen LogP contribution in [0, 0.1) is 0 Å². The van der Waals surface area contributed by atoms with E-state index in [9.17, 15) is 9.59 Å². The molecule has 0 bridgehead atoms. The van der Waals surface area contributed by atoms with E-state index in [1.807, 2.05) is 0 Å². The summed E-state index contributed by atoms with van der Waals surface area (Å²) < 4.78 is 1.66. The fourth-order valence-electron chi connectivity index (χ4n) is 1.09. The number of carbonyl (C=O) groups excluding carboxylic acids is 2. The summed E-state index contributed by atoms with van der Waals surface area (Å²) in [7, 11) is 1.46. The second-order valence-electron chi connectivity index (χ2n) is 3.86. The zero-order chi connectivity index (χ0) is 15.0. The predicted molar refractivity (Wildman–Crippen MR) is 83.5 cm³/mol. The molecule has 0 saturated carbocycles. The van der Waals surface area contributed by atoms with Crippen molar-refractivity contribution in [2.45, 2.75) is 40.6 Å². The lowest BCUT2D eigenvalue weighted by Crippen LogP contribution is -2.41. The number of urea groups is 1. The van der Waals surface area contributed by atoms with Crippen LogP contribution in [0.3, 0.4) is 0 Å². The van der Waals surface area contributed by atoms with Crippen molar-refractivity contribution in [1.29, 1.82) is 0 Å². The standard InChI is InChI=1S/C11H18N4O2S3/c1-4-5-6-18-10-14-15-11(20-10)19-7(2)8(16)13-9(17)12-3/h7H,4-6H2,1-3H3,(H2,12,13,16,17)/t7-/m1/s1. The van der Waals surface area contributed by atoms with Gasteiger partial charge in [0.1, 0.15) is 0 Å². The Balaban J connectivity index is 2.43. The monoisotopic (exact) mass is 334 g/mol. The third-order valence-electron chi connectivity index (χ3n) is 2.22. The molecule has 0 spiro atoms. The summed E-state index contributed by atoms with van der Waals surface area (Å²) in [6.45, 7) is 3.88. The molecule has 0 saturated heterocycles. The first-order valence-corrected chi connectivity index (χ1v) is 8.90. The molecular formula is C11H18N4O2S3. The number of aromatic nitrogens is 2. The highest BCUT2D eigenvalue weighted by molar-refractivity contribution is 8.03. The van der Waals surface area contributed by atoms with Crippen LogP contribution < -0.4 is 10.6 Å². The SMILES string of the molecule is CCCCSc1nnc(S[C@H](C)C(=O)NC(=O)NC)s1. The van der Waals surface area contributed by atoms with Crippen molar-refractivity contribution in [3.8, 4) is 0 Å². The second kappa shape index (κ2) is 9.19. The minimum Gasteiger partial charge on any atom is -0.341 e. The Hall–Kier alpha value is -0.800. The van der Waals surface area contributed by atoms with Crippen LogP contribution in [0.2, 0.25) is 0 Å². The minimum atomic E-state index is -0.504. The zero-order valence-corrected chi connectivity index (χ0v) is 14.1. The predicted octanol–water partition coefficient (Wildman–Crippen LogP) is 2.37. The molecule has 0 aliphatic heterocycles. The number of carbonyl (C=O) groups is 2. The normalized spacial score (nSPS) is 11.9. The maximum atomic E-state index is 11.7. The molecule has 1 atom stereocenters. The van der Waals surface area contributed by atoms with Gasteiger partial charge in [0.05, 0.1) is 5.25 Å². The number of nitrogens with one attached hydrogen (secondary N) is 2. The van der Waals surface area contributed by atoms with Crippen LogP contribution in [-0.2, 0) is 4.79 Å². The van der Waals surface area contributed by atoms with E-state index < -0.39 is 11.3 Å². The van der Waals surface area contributed by atoms with Gasteiger partial charge in [0.2, 0.25) is 5.91 Å². The van der Waals surface area contributed by atoms with Crippen LogP contribution in [0.25, 0.3) is 0 Å². The second-order valence-corrected chi connectivity index (χ2v) is 7.77. The molecule has 1 aromatic heterocycles. The van der Waals surface area contributed by atoms with Crippen molar-refractivity contribution < 1.29 is 9.59 Å². The third kappa shape index (κ3) is 6.10. The first kappa shape index (κ1) is 17.3. The molecule has 0 aliphatic carbocycles. The highest BCUT2D eigenvalue weighted by Gasteiger charge is 2.18. The average molecular weight is 334 g/mol. The lowest BCUT2D eigenvalue weighted by molar-refractivity contribution is -0.119. The largest absolute Gasteiger partial charge is 0.341 e. The Morgan fingerprint density at radius 3 is 2.70 bits per heavy atom. The molecule has 0 unspecified atom stereocenters. The van der Waals surface area contributed by atoms with Crippen LogP contribution in [0.5, 0.6) is 0 Å². The van der Waals surface area contributed by atoms with Crippen molar-refractivity contribution in [3.05, 3.63) is 0 Å². The molecule has 6 nitrogen and oxygen atoms in total. The molecular weight excluding hydrogens is 316 g/mol. The quantitative estimate of drug-likeness (QED) is 0.588. The van der Waals surface area contributed by atoms with E-state index in [2.05, 4.69) is 27.8 Å². The topological polar surface area (TPSA) is 84.0 Å². The number of hydrogen-bond acceptors (Lipinski definition) is 7. The Labute approximate surface area is 130 Å². The molecule has 9 heteroatoms. The van der Waals surface area contributed by atoms with Crippen molar-refractivity contribution >= 4 is 46.8 Å². The summed E-state index contributed by atoms with van der Waals surface area (Å²) >= 11 is 4.46. The Morgan fingerprint density at radius 1 is 1.35 bits per heavy atom. The van der Waals surface area contributed by atoms with Gasteiger partial charge in [0.25, 0.3) is 0 Å². The molecule has 0 fully saturated rings. The number of rotatable bonds is 7. The van der Waals surface area contributed by atoms with Gasteiger partial charge in [-0.15, -0.1) is 10.2 Å². The summed E-state index contributed by atoms with van der Waals surface area (Å²) in [5, 5.41) is 12.3. The van der Waals surface area contributed by atoms with Gasteiger partial charge in [0, 0.05) is 12.8 Å². The molecule has 0 aromatic carbocycles. The molecule has 112 valence electrons. The van der Waals surface area contributed by atoms with Gasteiger partial charge in [-0.3, -0.25) is 10.1 Å². The molecule has 20 heavy (non-hydrogen) atoms. The van der Waals surface area contributed by atoms with Gasteiger partial charge in [-0.05, 0) is 13.3 Å². The van der Waals surface area contributed by atoms with Gasteiger partial charge in [0.15, 0.2) is 8.68 Å². The lowest BCUT2D eigenvalue weighted by atomic mass is 10.4. The van der Waals surface area contributed by atoms with E-state index in [0.29, 0.717) is 0 Å². The van der Waals surface area contributed by atoms with Crippen molar-refractivity contribution in [2.24, 2.45) is 0 Å². The van der Waals surface area contributed by atoms with Gasteiger partial charge >= 0.3 is 6.03 Å². The van der Waals surface area contributed by atoms with Crippen LogP contribution >= 0.6 is 34.9 Å². The van der Waals surface area contributed by atoms with Gasteiger partial charge in [-0.25, -0.2) is 4.79 Å². The molecule has 1 aromatic rings. The van der Waals surface area contributed by atoms with Gasteiger partial charge in [-0.2, -0.15) is 0 Å². The van der Waals surface area contributed by atoms with Crippen LogP contribution in [0.4, 0.5) is 4.79 Å². The lowest BCUT2D eigenvalue weighted by Gasteiger charge is -2.08. The van der Waals surface area contributed by atoms with E-state index in [0.717, 1.165) is 27.3 Å². The number of imide groups is 1. The van der Waals surface area contributed by atoms with Crippen molar-refractivity contribution in [3.63, 3.8) is 0 Å². The van der Waals surface area contributed by atoms with Crippen LogP contribution in [-0.4, -0.2) is 40.2 Å². The summed E-state index contributed by atoms with van der Waals surface area (Å²) in [4.78, 5) is 22.7. The molecule has 0 radical (unpaired) electrons. The summed E-state index contributed by atoms with van der Waals surface area (Å²) in [6, 6.07) is -0.504. The summed E-state index contributed by atoms with van der Waals surface area (Å²) in [6.07, 6.45) is 2.31. The smallest absolute Gasteiger partial charge is 0.321 e. The van der Waals surface area contributed by atoms with E-state index >= 15 is 0 Å². The Morgan fingerprint density at radius 2 is 2.05 bits per heavy atom. The van der Waals surface area contributed by atoms with E-state index in [4.69, 9.17) is 0 Å². The maximum Gasteiger partial charge on any atom is 0.321 e. The third-order valence-corrected chi connectivity index (χ3v) is 5.55. The zero-order valence-electron chi connectivity index (χ0n) is 11.6. The first-order valence-electron chi connectivity index (χ1n) is 6.22. The van der Waals surface area contributed by atoms with Crippen LogP contribution in [0.15, 0.2) is 8.68 Å². The Bertz CT molecular complexity index is 453. The first-order chi connectivity index (χ1) is 9.56. The molecule has 2 N–H and O–H groups in total. The van der Waals surface area contributed by atoms with E-state index in [-0.39, 0.29) is 5.91 Å². The van der Waals surface area contributed by atoms with Crippen LogP contribution in [0.1, 0.15) is 26.7 Å². The molecule has 0 aliphatic rings. The van der Waals surface area contributed by atoms with Crippen molar-refractivity contribution in [2.75, 3.05) is 12.8 Å². The molecule has 1 rings (SSSR count). The highest BCUT2D eigenvalue weighted by Crippen LogP contribution is 2.31. The number of nitrogens with zero attached hydrogens (tertiary/aromatic N) is 2. The van der Waals surface area contributed by atoms with Crippen molar-refractivity contribution in [1.82, 2.24) is 20.8 Å². The fraction of sp³-hybridized carbons (Fsp3) is 0.636.